The maximum Gasteiger partial charge on any atom is 0.0462 e. The second-order valence-corrected chi connectivity index (χ2v) is 15.0. The maximum absolute atomic E-state index is 2.28. The lowest BCUT2D eigenvalue weighted by Gasteiger charge is -2.25. The Morgan fingerprint density at radius 2 is 0.481 bits per heavy atom. The molecule has 0 spiro atoms. The summed E-state index contributed by atoms with van der Waals surface area (Å²) in [5.74, 6) is 0. The lowest BCUT2D eigenvalue weighted by molar-refractivity contribution is 1.28. The van der Waals surface area contributed by atoms with Crippen molar-refractivity contribution in [2.75, 3.05) is 9.80 Å². The molecule has 8 aromatic rings. The van der Waals surface area contributed by atoms with E-state index in [4.69, 9.17) is 0 Å². The predicted octanol–water partition coefficient (Wildman–Crippen LogP) is 15.3. The van der Waals surface area contributed by atoms with Crippen molar-refractivity contribution < 1.29 is 0 Å². The van der Waals surface area contributed by atoms with Gasteiger partial charge in [-0.2, -0.15) is 0 Å². The van der Waals surface area contributed by atoms with Gasteiger partial charge in [0.15, 0.2) is 0 Å². The van der Waals surface area contributed by atoms with Gasteiger partial charge in [0, 0.05) is 53.6 Å². The van der Waals surface area contributed by atoms with Gasteiger partial charge >= 0.3 is 0 Å². The molecule has 0 bridgehead atoms. The molecule has 54 heavy (non-hydrogen) atoms. The van der Waals surface area contributed by atoms with Crippen LogP contribution in [0.2, 0.25) is 0 Å². The topological polar surface area (TPSA) is 6.48 Å². The van der Waals surface area contributed by atoms with Gasteiger partial charge < -0.3 is 9.80 Å². The van der Waals surface area contributed by atoms with Crippen LogP contribution in [0.25, 0.3) is 36.5 Å². The molecular formula is C50H38N2S2. The molecule has 2 heterocycles. The molecule has 0 saturated heterocycles. The standard InChI is InChI=1S/C50H38N2S2/c1-5-13-41(14-6-1)51(42-15-7-2-8-16-42)45-27-21-39(22-28-45)25-31-47-33-35-49(53-47)37-38-50-36-34-48(54-50)32-26-40-23-29-46(30-24-40)52(43-17-9-3-10-18-43)44-19-11-4-12-20-44/h1-38H/b31-25+,32-26+,38-37+. The first-order valence-electron chi connectivity index (χ1n) is 18.0. The van der Waals surface area contributed by atoms with Gasteiger partial charge in [0.05, 0.1) is 0 Å². The van der Waals surface area contributed by atoms with Gasteiger partial charge in [-0.3, -0.25) is 0 Å². The lowest BCUT2D eigenvalue weighted by Crippen LogP contribution is -2.09. The van der Waals surface area contributed by atoms with Crippen molar-refractivity contribution in [2.24, 2.45) is 0 Å². The fourth-order valence-electron chi connectivity index (χ4n) is 6.29. The zero-order valence-electron chi connectivity index (χ0n) is 29.7. The van der Waals surface area contributed by atoms with Gasteiger partial charge in [-0.15, -0.1) is 22.7 Å². The molecule has 0 aliphatic rings. The van der Waals surface area contributed by atoms with Crippen molar-refractivity contribution in [3.63, 3.8) is 0 Å². The van der Waals surface area contributed by atoms with Crippen LogP contribution in [0.5, 0.6) is 0 Å². The number of anilines is 6. The van der Waals surface area contributed by atoms with E-state index in [1.807, 2.05) is 0 Å². The smallest absolute Gasteiger partial charge is 0.0462 e. The van der Waals surface area contributed by atoms with E-state index in [1.54, 1.807) is 22.7 Å². The maximum atomic E-state index is 2.28. The van der Waals surface area contributed by atoms with Crippen LogP contribution in [0, 0.1) is 0 Å². The number of thiophene rings is 2. The molecule has 4 heteroatoms. The molecule has 0 unspecified atom stereocenters. The van der Waals surface area contributed by atoms with Gasteiger partial charge in [-0.05, 0) is 132 Å². The van der Waals surface area contributed by atoms with E-state index in [0.29, 0.717) is 0 Å². The van der Waals surface area contributed by atoms with Crippen LogP contribution in [0.15, 0.2) is 194 Å². The summed E-state index contributed by atoms with van der Waals surface area (Å²) in [5, 5.41) is 0. The van der Waals surface area contributed by atoms with Crippen molar-refractivity contribution in [3.05, 3.63) is 225 Å². The van der Waals surface area contributed by atoms with Gasteiger partial charge in [0.25, 0.3) is 0 Å². The molecule has 0 aliphatic heterocycles. The van der Waals surface area contributed by atoms with Gasteiger partial charge in [0.2, 0.25) is 0 Å². The highest BCUT2D eigenvalue weighted by atomic mass is 32.1. The molecule has 0 saturated carbocycles. The summed E-state index contributed by atoms with van der Waals surface area (Å²) in [6.45, 7) is 0. The number of benzene rings is 6. The first kappa shape index (κ1) is 34.6. The third-order valence-corrected chi connectivity index (χ3v) is 11.0. The fourth-order valence-corrected chi connectivity index (χ4v) is 7.92. The summed E-state index contributed by atoms with van der Waals surface area (Å²) < 4.78 is 0. The van der Waals surface area contributed by atoms with Crippen LogP contribution in [0.4, 0.5) is 34.1 Å². The number of hydrogen-bond donors (Lipinski definition) is 0. The second kappa shape index (κ2) is 16.9. The Morgan fingerprint density at radius 3 is 0.759 bits per heavy atom. The Morgan fingerprint density at radius 1 is 0.241 bits per heavy atom. The minimum absolute atomic E-state index is 1.13. The molecule has 8 rings (SSSR count). The first-order chi connectivity index (χ1) is 26.7. The average molecular weight is 731 g/mol. The summed E-state index contributed by atoms with van der Waals surface area (Å²) >= 11 is 3.59. The van der Waals surface area contributed by atoms with Gasteiger partial charge in [0.1, 0.15) is 0 Å². The molecule has 0 fully saturated rings. The number of nitrogens with zero attached hydrogens (tertiary/aromatic N) is 2. The van der Waals surface area contributed by atoms with Crippen molar-refractivity contribution in [2.45, 2.75) is 0 Å². The minimum atomic E-state index is 1.13. The largest absolute Gasteiger partial charge is 0.311 e. The van der Waals surface area contributed by atoms with Crippen LogP contribution < -0.4 is 9.80 Å². The molecule has 0 amide bonds. The van der Waals surface area contributed by atoms with Crippen molar-refractivity contribution in [1.82, 2.24) is 0 Å². The van der Waals surface area contributed by atoms with Gasteiger partial charge in [-0.25, -0.2) is 0 Å². The Kier molecular flexibility index (Phi) is 10.8. The van der Waals surface area contributed by atoms with Crippen molar-refractivity contribution in [1.29, 1.82) is 0 Å². The highest BCUT2D eigenvalue weighted by Gasteiger charge is 2.12. The quantitative estimate of drug-likeness (QED) is 0.123. The molecule has 0 radical (unpaired) electrons. The monoisotopic (exact) mass is 730 g/mol. The van der Waals surface area contributed by atoms with Crippen LogP contribution in [-0.4, -0.2) is 0 Å². The van der Waals surface area contributed by atoms with E-state index in [-0.39, 0.29) is 0 Å². The summed E-state index contributed by atoms with van der Waals surface area (Å²) in [6.07, 6.45) is 13.2. The third kappa shape index (κ3) is 8.59. The van der Waals surface area contributed by atoms with Crippen molar-refractivity contribution in [3.8, 4) is 0 Å². The lowest BCUT2D eigenvalue weighted by atomic mass is 10.1. The Labute approximate surface area is 326 Å². The molecular weight excluding hydrogens is 693 g/mol. The van der Waals surface area contributed by atoms with Gasteiger partial charge in [-0.1, -0.05) is 109 Å². The molecule has 0 atom stereocenters. The number of hydrogen-bond acceptors (Lipinski definition) is 4. The summed E-state index contributed by atoms with van der Waals surface area (Å²) in [4.78, 5) is 9.48. The SMILES string of the molecule is C(=C\c1ccc(/C=C/c2ccc(/C=C/c3ccc(N(c4ccccc4)c4ccccc4)cc3)s2)s1)/c1ccc(N(c2ccccc2)c2ccccc2)cc1. The van der Waals surface area contributed by atoms with E-state index in [9.17, 15) is 0 Å². The zero-order chi connectivity index (χ0) is 36.4. The third-order valence-electron chi connectivity index (χ3n) is 8.95. The molecule has 0 aliphatic carbocycles. The normalized spacial score (nSPS) is 11.5. The van der Waals surface area contributed by atoms with Crippen LogP contribution >= 0.6 is 22.7 Å². The van der Waals surface area contributed by atoms with E-state index in [2.05, 4.69) is 240 Å². The second-order valence-electron chi connectivity index (χ2n) is 12.7. The van der Waals surface area contributed by atoms with E-state index in [0.717, 1.165) is 34.1 Å². The van der Waals surface area contributed by atoms with Crippen molar-refractivity contribution >= 4 is 93.3 Å². The summed E-state index contributed by atoms with van der Waals surface area (Å²) in [7, 11) is 0. The molecule has 2 nitrogen and oxygen atoms in total. The Bertz CT molecular complexity index is 2200. The molecule has 2 aromatic heterocycles. The summed E-state index contributed by atoms with van der Waals surface area (Å²) in [6, 6.07) is 68.3. The zero-order valence-corrected chi connectivity index (χ0v) is 31.3. The molecule has 6 aromatic carbocycles. The minimum Gasteiger partial charge on any atom is -0.311 e. The number of rotatable bonds is 12. The predicted molar refractivity (Wildman–Crippen MR) is 238 cm³/mol. The first-order valence-corrected chi connectivity index (χ1v) is 19.6. The average Bonchev–Trinajstić information content (AvgIpc) is 3.91. The Hall–Kier alpha value is -6.46. The molecule has 260 valence electrons. The summed E-state index contributed by atoms with van der Waals surface area (Å²) in [5.41, 5.74) is 9.14. The fraction of sp³-hybridized carbons (Fsp3) is 0. The van der Waals surface area contributed by atoms with Crippen LogP contribution in [0.3, 0.4) is 0 Å². The molecule has 0 N–H and O–H groups in total. The van der Waals surface area contributed by atoms with E-state index >= 15 is 0 Å². The van der Waals surface area contributed by atoms with E-state index < -0.39 is 0 Å². The van der Waals surface area contributed by atoms with Crippen LogP contribution in [-0.2, 0) is 0 Å². The number of para-hydroxylation sites is 4. The highest BCUT2D eigenvalue weighted by molar-refractivity contribution is 7.14. The van der Waals surface area contributed by atoms with E-state index in [1.165, 1.54) is 30.6 Å². The Balaban J connectivity index is 0.889. The van der Waals surface area contributed by atoms with Crippen LogP contribution in [0.1, 0.15) is 30.6 Å². The highest BCUT2D eigenvalue weighted by Crippen LogP contribution is 2.36.